The highest BCUT2D eigenvalue weighted by Gasteiger charge is 2.33. The van der Waals surface area contributed by atoms with Crippen molar-refractivity contribution in [3.8, 4) is 0 Å². The summed E-state index contributed by atoms with van der Waals surface area (Å²) in [5.74, 6) is 0.682. The van der Waals surface area contributed by atoms with E-state index >= 15 is 0 Å². The van der Waals surface area contributed by atoms with Crippen molar-refractivity contribution in [3.63, 3.8) is 0 Å². The number of carbonyl (C=O) groups excluding carboxylic acids is 1. The predicted octanol–water partition coefficient (Wildman–Crippen LogP) is 2.74. The molecule has 2 aromatic rings. The first-order valence-electron chi connectivity index (χ1n) is 11.3. The second-order valence-electron chi connectivity index (χ2n) is 8.52. The third kappa shape index (κ3) is 4.90. The van der Waals surface area contributed by atoms with E-state index in [0.717, 1.165) is 37.2 Å². The van der Waals surface area contributed by atoms with Crippen LogP contribution in [0.1, 0.15) is 60.9 Å². The van der Waals surface area contributed by atoms with Crippen LogP contribution in [-0.4, -0.2) is 64.7 Å². The van der Waals surface area contributed by atoms with Crippen molar-refractivity contribution in [1.82, 2.24) is 25.3 Å². The van der Waals surface area contributed by atoms with Crippen LogP contribution >= 0.6 is 0 Å². The lowest BCUT2D eigenvalue weighted by Crippen LogP contribution is -2.43. The Kier molecular flexibility index (Phi) is 7.02. The summed E-state index contributed by atoms with van der Waals surface area (Å²) in [7, 11) is 3.42. The van der Waals surface area contributed by atoms with Crippen LogP contribution in [0.15, 0.2) is 29.1 Å². The number of rotatable bonds is 10. The van der Waals surface area contributed by atoms with Crippen molar-refractivity contribution in [2.24, 2.45) is 5.10 Å². The van der Waals surface area contributed by atoms with Crippen LogP contribution in [0.5, 0.6) is 0 Å². The Hall–Kier alpha value is -2.88. The number of nitrogens with one attached hydrogen (secondary N) is 2. The van der Waals surface area contributed by atoms with Gasteiger partial charge in [-0.3, -0.25) is 9.69 Å². The number of aryl methyl sites for hydroxylation is 1. The average Bonchev–Trinajstić information content (AvgIpc) is 3.54. The van der Waals surface area contributed by atoms with E-state index in [0.29, 0.717) is 23.0 Å². The molecule has 1 fully saturated rings. The van der Waals surface area contributed by atoms with Crippen molar-refractivity contribution < 1.29 is 14.3 Å². The van der Waals surface area contributed by atoms with Crippen molar-refractivity contribution in [3.05, 3.63) is 52.4 Å². The minimum Gasteiger partial charge on any atom is -0.367 e. The van der Waals surface area contributed by atoms with Gasteiger partial charge in [-0.15, -0.1) is 0 Å². The topological polar surface area (TPSA) is 105 Å². The van der Waals surface area contributed by atoms with Crippen molar-refractivity contribution >= 4 is 17.7 Å². The number of H-pyrrole nitrogens is 1. The maximum absolute atomic E-state index is 12.6. The van der Waals surface area contributed by atoms with Gasteiger partial charge in [0.2, 0.25) is 0 Å². The summed E-state index contributed by atoms with van der Waals surface area (Å²) in [5, 5.41) is 4.18. The Morgan fingerprint density at radius 1 is 1.18 bits per heavy atom. The molecule has 2 aromatic heterocycles. The maximum Gasteiger partial charge on any atom is 0.273 e. The summed E-state index contributed by atoms with van der Waals surface area (Å²) < 4.78 is 11.1. The quantitative estimate of drug-likeness (QED) is 0.424. The lowest BCUT2D eigenvalue weighted by molar-refractivity contribution is -0.116. The minimum atomic E-state index is -0.248. The van der Waals surface area contributed by atoms with Gasteiger partial charge in [-0.05, 0) is 69.2 Å². The summed E-state index contributed by atoms with van der Waals surface area (Å²) in [6, 6.07) is 1.74. The zero-order valence-electron chi connectivity index (χ0n) is 19.9. The highest BCUT2D eigenvalue weighted by atomic mass is 16.5. The van der Waals surface area contributed by atoms with E-state index < -0.39 is 0 Å². The summed E-state index contributed by atoms with van der Waals surface area (Å²) in [6.07, 6.45) is 8.23. The number of hydrogen-bond donors (Lipinski definition) is 2. The largest absolute Gasteiger partial charge is 0.367 e. The van der Waals surface area contributed by atoms with E-state index in [1.165, 1.54) is 11.1 Å². The number of aromatic amines is 1. The molecule has 0 bridgehead atoms. The molecule has 2 N–H and O–H groups in total. The molecular weight excluding hydrogens is 420 g/mol. The van der Waals surface area contributed by atoms with Gasteiger partial charge in [0.15, 0.2) is 5.82 Å². The monoisotopic (exact) mass is 452 g/mol. The van der Waals surface area contributed by atoms with Crippen LogP contribution in [0.25, 0.3) is 6.08 Å². The van der Waals surface area contributed by atoms with Gasteiger partial charge in [-0.25, -0.2) is 15.4 Å². The number of methoxy groups -OCH3 is 2. The first kappa shape index (κ1) is 23.3. The second-order valence-corrected chi connectivity index (χ2v) is 8.52. The lowest BCUT2D eigenvalue weighted by Gasteiger charge is -2.32. The van der Waals surface area contributed by atoms with Crippen molar-refractivity contribution in [2.75, 3.05) is 20.8 Å². The molecular formula is C24H32N6O3. The van der Waals surface area contributed by atoms with Crippen LogP contribution in [0.3, 0.4) is 0 Å². The normalized spacial score (nSPS) is 19.2. The van der Waals surface area contributed by atoms with E-state index in [1.54, 1.807) is 32.7 Å². The zero-order valence-corrected chi connectivity index (χ0v) is 19.9. The Morgan fingerprint density at radius 3 is 2.45 bits per heavy atom. The van der Waals surface area contributed by atoms with E-state index in [9.17, 15) is 4.79 Å². The molecule has 0 radical (unpaired) electrons. The zero-order chi connectivity index (χ0) is 23.5. The lowest BCUT2D eigenvalue weighted by atomic mass is 9.99. The van der Waals surface area contributed by atoms with Crippen molar-refractivity contribution in [1.29, 1.82) is 0 Å². The number of ether oxygens (including phenoxy) is 2. The first-order chi connectivity index (χ1) is 15.9. The van der Waals surface area contributed by atoms with Crippen LogP contribution in [0.2, 0.25) is 0 Å². The average molecular weight is 453 g/mol. The van der Waals surface area contributed by atoms with Gasteiger partial charge in [0, 0.05) is 44.5 Å². The van der Waals surface area contributed by atoms with E-state index in [2.05, 4.69) is 37.3 Å². The maximum atomic E-state index is 12.6. The van der Waals surface area contributed by atoms with Gasteiger partial charge in [0.1, 0.15) is 18.2 Å². The minimum absolute atomic E-state index is 0.0583. The highest BCUT2D eigenvalue weighted by molar-refractivity contribution is 6.32. The number of aromatic nitrogens is 3. The fraction of sp³-hybridized carbons (Fsp3) is 0.500. The van der Waals surface area contributed by atoms with Gasteiger partial charge < -0.3 is 14.5 Å². The molecule has 4 rings (SSSR count). The predicted molar refractivity (Wildman–Crippen MR) is 126 cm³/mol. The van der Waals surface area contributed by atoms with Gasteiger partial charge in [0.25, 0.3) is 5.91 Å². The molecule has 3 heterocycles. The molecule has 1 aliphatic carbocycles. The molecule has 0 saturated heterocycles. The molecule has 1 aliphatic heterocycles. The molecule has 0 aromatic carbocycles. The molecule has 1 saturated carbocycles. The van der Waals surface area contributed by atoms with Crippen LogP contribution < -0.4 is 5.43 Å². The van der Waals surface area contributed by atoms with Gasteiger partial charge in [-0.2, -0.15) is 5.10 Å². The third-order valence-electron chi connectivity index (χ3n) is 6.45. The molecule has 2 unspecified atom stereocenters. The number of hydrazone groups is 1. The molecule has 33 heavy (non-hydrogen) atoms. The van der Waals surface area contributed by atoms with E-state index in [-0.39, 0.29) is 18.4 Å². The Balaban J connectivity index is 1.65. The van der Waals surface area contributed by atoms with Gasteiger partial charge >= 0.3 is 0 Å². The van der Waals surface area contributed by atoms with Gasteiger partial charge in [-0.1, -0.05) is 0 Å². The molecule has 2 atom stereocenters. The number of hydrogen-bond acceptors (Lipinski definition) is 7. The third-order valence-corrected chi connectivity index (χ3v) is 6.45. The highest BCUT2D eigenvalue weighted by Crippen LogP contribution is 2.45. The first-order valence-corrected chi connectivity index (χ1v) is 11.3. The summed E-state index contributed by atoms with van der Waals surface area (Å²) in [4.78, 5) is 26.8. The molecule has 9 nitrogen and oxygen atoms in total. The molecule has 0 spiro atoms. The molecule has 1 amide bonds. The number of carbonyl (C=O) groups is 1. The molecule has 2 aliphatic rings. The Labute approximate surface area is 194 Å². The fourth-order valence-electron chi connectivity index (χ4n) is 4.36. The van der Waals surface area contributed by atoms with Crippen LogP contribution in [0, 0.1) is 6.92 Å². The van der Waals surface area contributed by atoms with Crippen LogP contribution in [0.4, 0.5) is 0 Å². The number of nitrogens with zero attached hydrogens (tertiary/aromatic N) is 4. The fourth-order valence-corrected chi connectivity index (χ4v) is 4.36. The Bertz CT molecular complexity index is 1050. The van der Waals surface area contributed by atoms with Crippen LogP contribution in [-0.2, 0) is 20.7 Å². The van der Waals surface area contributed by atoms with E-state index in [4.69, 9.17) is 9.47 Å². The second kappa shape index (κ2) is 9.94. The number of amides is 1. The summed E-state index contributed by atoms with van der Waals surface area (Å²) in [5.41, 5.74) is 8.16. The summed E-state index contributed by atoms with van der Waals surface area (Å²) in [6.45, 7) is 6.95. The summed E-state index contributed by atoms with van der Waals surface area (Å²) >= 11 is 0. The SMILES string of the molecule is COC(C)N(CCc1c(C)[nH]c(/C=C2/C(=O)NN=C2c2ncccn2)c1C1CC1)C(C)OC. The van der Waals surface area contributed by atoms with Crippen molar-refractivity contribution in [2.45, 2.75) is 58.4 Å². The van der Waals surface area contributed by atoms with Gasteiger partial charge in [0.05, 0.1) is 5.57 Å². The standard InChI is InChI=1S/C24H32N6O3/c1-14-18(9-12-30(15(2)32-4)16(3)33-5)21(17-7-8-17)20(27-14)13-19-22(28-29-24(19)31)23-25-10-6-11-26-23/h6,10-11,13,15-17,27H,7-9,12H2,1-5H3,(H,29,31)/b19-13+. The molecule has 176 valence electrons. The van der Waals surface area contributed by atoms with E-state index in [1.807, 2.05) is 19.9 Å². The smallest absolute Gasteiger partial charge is 0.273 e. The Morgan fingerprint density at radius 2 is 1.85 bits per heavy atom. The molecule has 9 heteroatoms.